The highest BCUT2D eigenvalue weighted by molar-refractivity contribution is 7.13. The zero-order chi connectivity index (χ0) is 33.4. The van der Waals surface area contributed by atoms with Gasteiger partial charge in [0.1, 0.15) is 5.82 Å². The van der Waals surface area contributed by atoms with Gasteiger partial charge in [0.05, 0.1) is 23.2 Å². The zero-order valence-corrected chi connectivity index (χ0v) is 26.0. The van der Waals surface area contributed by atoms with Crippen LogP contribution in [0.25, 0.3) is 0 Å². The fourth-order valence-corrected chi connectivity index (χ4v) is 6.05. The average molecular weight is 679 g/mol. The third kappa shape index (κ3) is 9.49. The van der Waals surface area contributed by atoms with Crippen LogP contribution in [0.1, 0.15) is 57.9 Å². The van der Waals surface area contributed by atoms with E-state index >= 15 is 0 Å². The molecule has 0 bridgehead atoms. The minimum absolute atomic E-state index is 0.0915. The molecule has 3 amide bonds. The number of hydrogen-bond acceptors (Lipinski definition) is 13. The van der Waals surface area contributed by atoms with Gasteiger partial charge in [-0.05, 0) is 38.4 Å². The number of amides is 3. The topological polar surface area (TPSA) is 250 Å². The lowest BCUT2D eigenvalue weighted by Gasteiger charge is -2.35. The smallest absolute Gasteiger partial charge is 0.333 e. The molecule has 1 unspecified atom stereocenters. The first-order valence-corrected chi connectivity index (χ1v) is 15.2. The second-order valence-corrected chi connectivity index (χ2v) is 12.1. The van der Waals surface area contributed by atoms with Gasteiger partial charge in [-0.15, -0.1) is 21.5 Å². The summed E-state index contributed by atoms with van der Waals surface area (Å²) in [7, 11) is 2.04. The Morgan fingerprint density at radius 1 is 1.13 bits per heavy atom. The number of carbonyl (C=O) groups excluding carboxylic acids is 3. The number of pyridine rings is 1. The predicted molar refractivity (Wildman–Crippen MR) is 160 cm³/mol. The van der Waals surface area contributed by atoms with E-state index in [1.165, 1.54) is 30.0 Å². The standard InChI is InChI=1S/C23H25ClN8O4S.C4H6O5/c1-32-7-6-15-17(10-32)37-23(29-15)21(35)28-16-8-12(22-31-26-11-36-22)2-4-14(16)27-19(33)20(34)30-18-5-3-13(24)9-25-18;5-2(4(8)9)1-3(6)7/h3,5,9,11-12,14,16H,2,4,6-8,10H2,1H3,(H,27,33)(H,28,35)(H,25,30,34);2,5H,1H2,(H,6,7)(H,8,9)/t12-,14-,16+;/m0./s1. The Hall–Kier alpha value is -4.52. The quantitative estimate of drug-likeness (QED) is 0.179. The second-order valence-electron chi connectivity index (χ2n) is 10.6. The number of rotatable bonds is 8. The van der Waals surface area contributed by atoms with Crippen molar-refractivity contribution in [3.8, 4) is 0 Å². The molecule has 1 fully saturated rings. The van der Waals surface area contributed by atoms with E-state index in [1.807, 2.05) is 7.05 Å². The van der Waals surface area contributed by atoms with E-state index in [4.69, 9.17) is 31.3 Å². The van der Waals surface area contributed by atoms with Crippen molar-refractivity contribution in [2.75, 3.05) is 18.9 Å². The number of aliphatic carboxylic acids is 2. The number of anilines is 1. The summed E-state index contributed by atoms with van der Waals surface area (Å²) in [4.78, 5) is 69.6. The summed E-state index contributed by atoms with van der Waals surface area (Å²) < 4.78 is 5.39. The molecule has 1 aliphatic heterocycles. The van der Waals surface area contributed by atoms with Gasteiger partial charge in [0.25, 0.3) is 5.91 Å². The van der Waals surface area contributed by atoms with Gasteiger partial charge in [-0.1, -0.05) is 11.6 Å². The van der Waals surface area contributed by atoms with Crippen molar-refractivity contribution in [3.63, 3.8) is 0 Å². The molecule has 0 aromatic carbocycles. The molecule has 1 aliphatic carbocycles. The van der Waals surface area contributed by atoms with Crippen LogP contribution in [0.4, 0.5) is 5.82 Å². The minimum atomic E-state index is -1.79. The number of aliphatic hydroxyl groups excluding tert-OH is 1. The number of fused-ring (bicyclic) bond motifs is 1. The van der Waals surface area contributed by atoms with Gasteiger partial charge in [-0.2, -0.15) is 0 Å². The van der Waals surface area contributed by atoms with Gasteiger partial charge in [0, 0.05) is 42.5 Å². The van der Waals surface area contributed by atoms with Crippen molar-refractivity contribution >= 4 is 58.4 Å². The molecule has 246 valence electrons. The monoisotopic (exact) mass is 678 g/mol. The molecule has 2 aliphatic rings. The number of carbonyl (C=O) groups is 5. The average Bonchev–Trinajstić information content (AvgIpc) is 3.70. The number of carboxylic acid groups (broad SMARTS) is 2. The number of aliphatic hydroxyl groups is 1. The van der Waals surface area contributed by atoms with Crippen LogP contribution < -0.4 is 16.0 Å². The van der Waals surface area contributed by atoms with Crippen LogP contribution in [0.3, 0.4) is 0 Å². The molecular weight excluding hydrogens is 648 g/mol. The Morgan fingerprint density at radius 2 is 1.91 bits per heavy atom. The van der Waals surface area contributed by atoms with E-state index in [-0.39, 0.29) is 17.6 Å². The molecule has 6 N–H and O–H groups in total. The van der Waals surface area contributed by atoms with E-state index < -0.39 is 48.4 Å². The van der Waals surface area contributed by atoms with Crippen LogP contribution >= 0.6 is 22.9 Å². The maximum atomic E-state index is 13.2. The highest BCUT2D eigenvalue weighted by Gasteiger charge is 2.37. The molecule has 3 aromatic heterocycles. The molecule has 5 rings (SSSR count). The summed E-state index contributed by atoms with van der Waals surface area (Å²) in [5.74, 6) is -4.27. The van der Waals surface area contributed by atoms with Crippen LogP contribution in [0.2, 0.25) is 5.02 Å². The van der Waals surface area contributed by atoms with Crippen LogP contribution in [0.5, 0.6) is 0 Å². The Kier molecular flexibility index (Phi) is 11.7. The first kappa shape index (κ1) is 34.4. The number of aromatic nitrogens is 4. The van der Waals surface area contributed by atoms with Crippen molar-refractivity contribution in [3.05, 3.63) is 51.2 Å². The maximum absolute atomic E-state index is 13.2. The molecule has 0 spiro atoms. The van der Waals surface area contributed by atoms with Gasteiger partial charge in [-0.3, -0.25) is 19.2 Å². The summed E-state index contributed by atoms with van der Waals surface area (Å²) in [6, 6.07) is 2.09. The van der Waals surface area contributed by atoms with Crippen LogP contribution in [-0.2, 0) is 32.1 Å². The molecule has 19 heteroatoms. The lowest BCUT2D eigenvalue weighted by atomic mass is 9.82. The van der Waals surface area contributed by atoms with E-state index in [9.17, 15) is 24.0 Å². The molecule has 0 radical (unpaired) electrons. The summed E-state index contributed by atoms with van der Waals surface area (Å²) in [5, 5.41) is 41.0. The van der Waals surface area contributed by atoms with Gasteiger partial charge in [-0.25, -0.2) is 14.8 Å². The van der Waals surface area contributed by atoms with Crippen molar-refractivity contribution in [2.24, 2.45) is 0 Å². The minimum Gasteiger partial charge on any atom is -0.481 e. The summed E-state index contributed by atoms with van der Waals surface area (Å²) in [6.45, 7) is 1.66. The highest BCUT2D eigenvalue weighted by Crippen LogP contribution is 2.33. The van der Waals surface area contributed by atoms with Crippen LogP contribution in [-0.4, -0.2) is 102 Å². The largest absolute Gasteiger partial charge is 0.481 e. The molecular formula is C27H31ClN8O9S. The molecule has 1 saturated carbocycles. The number of nitrogens with one attached hydrogen (secondary N) is 3. The fourth-order valence-electron chi connectivity index (χ4n) is 4.85. The third-order valence-corrected chi connectivity index (χ3v) is 8.46. The van der Waals surface area contributed by atoms with Crippen molar-refractivity contribution < 1.29 is 43.7 Å². The van der Waals surface area contributed by atoms with E-state index in [1.54, 1.807) is 6.07 Å². The van der Waals surface area contributed by atoms with Crippen molar-refractivity contribution in [1.29, 1.82) is 0 Å². The van der Waals surface area contributed by atoms with Crippen molar-refractivity contribution in [1.82, 2.24) is 35.7 Å². The number of hydrogen-bond donors (Lipinski definition) is 6. The van der Waals surface area contributed by atoms with E-state index in [0.29, 0.717) is 35.2 Å². The highest BCUT2D eigenvalue weighted by atomic mass is 35.5. The fraction of sp³-hybridized carbons (Fsp3) is 0.444. The van der Waals surface area contributed by atoms with Crippen molar-refractivity contribution in [2.45, 2.75) is 62.8 Å². The number of nitrogens with zero attached hydrogens (tertiary/aromatic N) is 5. The van der Waals surface area contributed by atoms with Crippen LogP contribution in [0.15, 0.2) is 29.1 Å². The van der Waals surface area contributed by atoms with Gasteiger partial charge in [0.15, 0.2) is 11.1 Å². The Morgan fingerprint density at radius 3 is 2.54 bits per heavy atom. The molecule has 4 heterocycles. The zero-order valence-electron chi connectivity index (χ0n) is 24.4. The van der Waals surface area contributed by atoms with Gasteiger partial charge < -0.3 is 40.6 Å². The summed E-state index contributed by atoms with van der Waals surface area (Å²) >= 11 is 7.20. The molecule has 0 saturated heterocycles. The summed E-state index contributed by atoms with van der Waals surface area (Å²) in [6.07, 6.45) is 2.48. The molecule has 17 nitrogen and oxygen atoms in total. The summed E-state index contributed by atoms with van der Waals surface area (Å²) in [5.41, 5.74) is 0.956. The number of carboxylic acids is 2. The lowest BCUT2D eigenvalue weighted by molar-refractivity contribution is -0.152. The SMILES string of the molecule is CN1CCc2nc(C(=O)N[C@@H]3C[C@@H](c4nnco4)CC[C@@H]3NC(=O)C(=O)Nc3ccc(Cl)cn3)sc2C1.O=C(O)CC(O)C(=O)O. The number of likely N-dealkylation sites (N-methyl/N-ethyl adjacent to an activating group) is 1. The number of halogens is 1. The number of thiazole rings is 1. The van der Waals surface area contributed by atoms with Crippen LogP contribution in [0, 0.1) is 0 Å². The molecule has 4 atom stereocenters. The first-order chi connectivity index (χ1) is 21.9. The van der Waals surface area contributed by atoms with E-state index in [2.05, 4.69) is 41.0 Å². The predicted octanol–water partition coefficient (Wildman–Crippen LogP) is 0.659. The maximum Gasteiger partial charge on any atom is 0.333 e. The third-order valence-electron chi connectivity index (χ3n) is 7.15. The first-order valence-electron chi connectivity index (χ1n) is 14.0. The Bertz CT molecular complexity index is 1550. The normalized spacial score (nSPS) is 19.8. The van der Waals surface area contributed by atoms with E-state index in [0.717, 1.165) is 30.1 Å². The molecule has 3 aromatic rings. The Balaban J connectivity index is 0.000000468. The lowest BCUT2D eigenvalue weighted by Crippen LogP contribution is -2.56. The second kappa shape index (κ2) is 15.7. The van der Waals surface area contributed by atoms with Gasteiger partial charge in [0.2, 0.25) is 12.3 Å². The Labute approximate surface area is 270 Å². The van der Waals surface area contributed by atoms with Gasteiger partial charge >= 0.3 is 23.8 Å². The molecule has 46 heavy (non-hydrogen) atoms.